The number of oxazole rings is 1. The lowest BCUT2D eigenvalue weighted by molar-refractivity contribution is -0.118. The second kappa shape index (κ2) is 7.24. The summed E-state index contributed by atoms with van der Waals surface area (Å²) in [5.41, 5.74) is 1.95. The number of fused-ring (bicyclic) bond motifs is 2. The molecule has 0 radical (unpaired) electrons. The van der Waals surface area contributed by atoms with Crippen LogP contribution in [-0.2, 0) is 18.4 Å². The first-order chi connectivity index (χ1) is 13.1. The van der Waals surface area contributed by atoms with Crippen molar-refractivity contribution < 1.29 is 9.21 Å². The van der Waals surface area contributed by atoms with Gasteiger partial charge in [-0.05, 0) is 18.2 Å². The Morgan fingerprint density at radius 1 is 1.15 bits per heavy atom. The number of aryl methyl sites for hydroxylation is 1. The molecule has 0 saturated heterocycles. The number of aromatic nitrogens is 3. The van der Waals surface area contributed by atoms with Gasteiger partial charge in [0.2, 0.25) is 5.91 Å². The monoisotopic (exact) mass is 380 g/mol. The molecule has 0 unspecified atom stereocenters. The molecular formula is C19H16N4O3S. The Bertz CT molecular complexity index is 1170. The van der Waals surface area contributed by atoms with Gasteiger partial charge in [0.15, 0.2) is 5.58 Å². The predicted octanol–water partition coefficient (Wildman–Crippen LogP) is 2.48. The molecule has 136 valence electrons. The fraction of sp³-hybridized carbons (Fsp3) is 0.158. The number of thioether (sulfide) groups is 1. The highest BCUT2D eigenvalue weighted by molar-refractivity contribution is 7.99. The number of amides is 1. The molecule has 2 heterocycles. The van der Waals surface area contributed by atoms with E-state index >= 15 is 0 Å². The molecule has 0 atom stereocenters. The lowest BCUT2D eigenvalue weighted by atomic mass is 10.1. The largest absolute Gasteiger partial charge is 0.431 e. The van der Waals surface area contributed by atoms with Crippen molar-refractivity contribution >= 4 is 39.5 Å². The first kappa shape index (κ1) is 17.3. The summed E-state index contributed by atoms with van der Waals surface area (Å²) >= 11 is 1.23. The first-order valence-corrected chi connectivity index (χ1v) is 9.30. The van der Waals surface area contributed by atoms with Gasteiger partial charge in [0.25, 0.3) is 10.8 Å². The third-order valence-corrected chi connectivity index (χ3v) is 4.92. The topological polar surface area (TPSA) is 90.0 Å². The van der Waals surface area contributed by atoms with Crippen molar-refractivity contribution in [3.8, 4) is 0 Å². The zero-order valence-corrected chi connectivity index (χ0v) is 15.3. The van der Waals surface area contributed by atoms with Crippen LogP contribution in [0.25, 0.3) is 21.9 Å². The summed E-state index contributed by atoms with van der Waals surface area (Å²) in [6, 6.07) is 14.7. The number of rotatable bonds is 5. The number of nitrogens with one attached hydrogen (secondary N) is 1. The van der Waals surface area contributed by atoms with Crippen molar-refractivity contribution in [1.29, 1.82) is 0 Å². The van der Waals surface area contributed by atoms with Crippen LogP contribution in [0.15, 0.2) is 63.0 Å². The normalized spacial score (nSPS) is 11.1. The van der Waals surface area contributed by atoms with Gasteiger partial charge in [0, 0.05) is 12.4 Å². The SMILES string of the molecule is Cn1nc(CNC(=O)CSc2nc3ccccc3o2)c2ccccc2c1=O. The highest BCUT2D eigenvalue weighted by atomic mass is 32.2. The van der Waals surface area contributed by atoms with Gasteiger partial charge in [-0.3, -0.25) is 9.59 Å². The molecule has 0 bridgehead atoms. The maximum atomic E-state index is 12.2. The molecule has 0 fully saturated rings. The first-order valence-electron chi connectivity index (χ1n) is 8.32. The molecule has 2 aromatic carbocycles. The van der Waals surface area contributed by atoms with Crippen LogP contribution in [0.5, 0.6) is 0 Å². The van der Waals surface area contributed by atoms with Crippen molar-refractivity contribution in [2.24, 2.45) is 7.05 Å². The lowest BCUT2D eigenvalue weighted by Crippen LogP contribution is -2.28. The smallest absolute Gasteiger partial charge is 0.274 e. The quantitative estimate of drug-likeness (QED) is 0.535. The van der Waals surface area contributed by atoms with Crippen molar-refractivity contribution in [2.45, 2.75) is 11.8 Å². The number of nitrogens with zero attached hydrogens (tertiary/aromatic N) is 3. The van der Waals surface area contributed by atoms with Crippen LogP contribution in [-0.4, -0.2) is 26.4 Å². The van der Waals surface area contributed by atoms with Crippen molar-refractivity contribution in [2.75, 3.05) is 5.75 Å². The number of para-hydroxylation sites is 2. The van der Waals surface area contributed by atoms with Gasteiger partial charge in [0.05, 0.1) is 23.4 Å². The van der Waals surface area contributed by atoms with Gasteiger partial charge in [-0.2, -0.15) is 5.10 Å². The van der Waals surface area contributed by atoms with E-state index in [0.717, 1.165) is 10.9 Å². The molecule has 0 saturated carbocycles. The van der Waals surface area contributed by atoms with Crippen LogP contribution >= 0.6 is 11.8 Å². The van der Waals surface area contributed by atoms with Crippen LogP contribution in [0.4, 0.5) is 0 Å². The molecule has 27 heavy (non-hydrogen) atoms. The standard InChI is InChI=1S/C19H16N4O3S/c1-23-18(25)13-7-3-2-6-12(13)15(22-23)10-20-17(24)11-27-19-21-14-8-4-5-9-16(14)26-19/h2-9H,10-11H2,1H3,(H,20,24). The fourth-order valence-electron chi connectivity index (χ4n) is 2.78. The highest BCUT2D eigenvalue weighted by Crippen LogP contribution is 2.22. The van der Waals surface area contributed by atoms with Crippen LogP contribution in [0.1, 0.15) is 5.69 Å². The van der Waals surface area contributed by atoms with Gasteiger partial charge < -0.3 is 9.73 Å². The van der Waals surface area contributed by atoms with Crippen molar-refractivity contribution in [1.82, 2.24) is 20.1 Å². The third-order valence-electron chi connectivity index (χ3n) is 4.09. The number of carbonyl (C=O) groups excluding carboxylic acids is 1. The van der Waals surface area contributed by atoms with Gasteiger partial charge in [-0.15, -0.1) is 0 Å². The molecule has 2 aromatic heterocycles. The van der Waals surface area contributed by atoms with E-state index in [2.05, 4.69) is 15.4 Å². The Morgan fingerprint density at radius 2 is 1.89 bits per heavy atom. The van der Waals surface area contributed by atoms with Crippen LogP contribution in [0.3, 0.4) is 0 Å². The molecular weight excluding hydrogens is 364 g/mol. The maximum Gasteiger partial charge on any atom is 0.274 e. The summed E-state index contributed by atoms with van der Waals surface area (Å²) in [4.78, 5) is 28.7. The molecule has 7 nitrogen and oxygen atoms in total. The average molecular weight is 380 g/mol. The molecule has 0 aliphatic heterocycles. The number of hydrogen-bond donors (Lipinski definition) is 1. The van der Waals surface area contributed by atoms with Gasteiger partial charge >= 0.3 is 0 Å². The van der Waals surface area contributed by atoms with Crippen molar-refractivity contribution in [3.63, 3.8) is 0 Å². The summed E-state index contributed by atoms with van der Waals surface area (Å²) in [7, 11) is 1.60. The number of carbonyl (C=O) groups is 1. The Hall–Kier alpha value is -3.13. The number of benzene rings is 2. The van der Waals surface area contributed by atoms with E-state index < -0.39 is 0 Å². The molecule has 8 heteroatoms. The zero-order chi connectivity index (χ0) is 18.8. The maximum absolute atomic E-state index is 12.2. The van der Waals surface area contributed by atoms with Gasteiger partial charge in [0.1, 0.15) is 5.52 Å². The summed E-state index contributed by atoms with van der Waals surface area (Å²) in [5.74, 6) is 0.0123. The Labute approximate surface area is 158 Å². The van der Waals surface area contributed by atoms with Crippen LogP contribution in [0, 0.1) is 0 Å². The molecule has 4 aromatic rings. The van der Waals surface area contributed by atoms with E-state index in [0.29, 0.717) is 21.9 Å². The summed E-state index contributed by atoms with van der Waals surface area (Å²) < 4.78 is 6.88. The summed E-state index contributed by atoms with van der Waals surface area (Å²) in [5, 5.41) is 8.89. The van der Waals surface area contributed by atoms with Gasteiger partial charge in [-0.1, -0.05) is 42.1 Å². The molecule has 0 aliphatic rings. The lowest BCUT2D eigenvalue weighted by Gasteiger charge is -2.09. The van der Waals surface area contributed by atoms with E-state index in [4.69, 9.17) is 4.42 Å². The number of hydrogen-bond acceptors (Lipinski definition) is 6. The minimum Gasteiger partial charge on any atom is -0.431 e. The second-order valence-electron chi connectivity index (χ2n) is 5.93. The van der Waals surface area contributed by atoms with E-state index in [1.54, 1.807) is 13.1 Å². The van der Waals surface area contributed by atoms with E-state index in [1.807, 2.05) is 42.5 Å². The van der Waals surface area contributed by atoms with Gasteiger partial charge in [-0.25, -0.2) is 9.67 Å². The summed E-state index contributed by atoms with van der Waals surface area (Å²) in [6.07, 6.45) is 0. The Balaban J connectivity index is 1.43. The zero-order valence-electron chi connectivity index (χ0n) is 14.5. The third kappa shape index (κ3) is 3.56. The van der Waals surface area contributed by atoms with Crippen LogP contribution < -0.4 is 10.9 Å². The van der Waals surface area contributed by atoms with E-state index in [1.165, 1.54) is 16.4 Å². The molecule has 1 amide bonds. The van der Waals surface area contributed by atoms with Crippen LogP contribution in [0.2, 0.25) is 0 Å². The minimum atomic E-state index is -0.165. The Morgan fingerprint density at radius 3 is 2.70 bits per heavy atom. The molecule has 1 N–H and O–H groups in total. The fourth-order valence-corrected chi connectivity index (χ4v) is 3.45. The molecule has 0 spiro atoms. The average Bonchev–Trinajstić information content (AvgIpc) is 3.11. The van der Waals surface area contributed by atoms with E-state index in [9.17, 15) is 9.59 Å². The molecule has 0 aliphatic carbocycles. The van der Waals surface area contributed by atoms with Crippen molar-refractivity contribution in [3.05, 3.63) is 64.6 Å². The Kier molecular flexibility index (Phi) is 4.64. The minimum absolute atomic E-state index is 0.160. The second-order valence-corrected chi connectivity index (χ2v) is 6.86. The highest BCUT2D eigenvalue weighted by Gasteiger charge is 2.12. The molecule has 4 rings (SSSR count). The summed E-state index contributed by atoms with van der Waals surface area (Å²) in [6.45, 7) is 0.238. The van der Waals surface area contributed by atoms with E-state index in [-0.39, 0.29) is 23.8 Å². The predicted molar refractivity (Wildman–Crippen MR) is 104 cm³/mol.